The van der Waals surface area contributed by atoms with E-state index >= 15 is 0 Å². The Hall–Kier alpha value is -1.47. The van der Waals surface area contributed by atoms with Crippen LogP contribution in [0.3, 0.4) is 0 Å². The Morgan fingerprint density at radius 3 is 2.85 bits per heavy atom. The van der Waals surface area contributed by atoms with Crippen LogP contribution in [0.25, 0.3) is 0 Å². The second kappa shape index (κ2) is 6.32. The van der Waals surface area contributed by atoms with E-state index in [0.29, 0.717) is 22.2 Å². The second-order valence-corrected chi connectivity index (χ2v) is 5.73. The van der Waals surface area contributed by atoms with E-state index in [2.05, 4.69) is 12.2 Å². The molecule has 1 aliphatic heterocycles. The maximum atomic E-state index is 11.6. The standard InChI is InChI=1S/C13H20N2O4S/c1-7-8(4-5-19-7)6-15-12-10(17-2)9(14)11(20-12)13(16)18-3/h7-8,15H,4-6,14H2,1-3H3. The van der Waals surface area contributed by atoms with E-state index in [1.807, 2.05) is 0 Å². The van der Waals surface area contributed by atoms with Gasteiger partial charge >= 0.3 is 5.97 Å². The van der Waals surface area contributed by atoms with Gasteiger partial charge in [0.2, 0.25) is 0 Å². The Morgan fingerprint density at radius 2 is 2.30 bits per heavy atom. The van der Waals surface area contributed by atoms with Crippen LogP contribution in [-0.2, 0) is 9.47 Å². The van der Waals surface area contributed by atoms with Gasteiger partial charge in [-0.1, -0.05) is 0 Å². The number of thiophene rings is 1. The highest BCUT2D eigenvalue weighted by atomic mass is 32.1. The summed E-state index contributed by atoms with van der Waals surface area (Å²) in [7, 11) is 2.87. The Balaban J connectivity index is 2.12. The summed E-state index contributed by atoms with van der Waals surface area (Å²) in [6.07, 6.45) is 1.27. The van der Waals surface area contributed by atoms with Crippen molar-refractivity contribution in [2.24, 2.45) is 5.92 Å². The van der Waals surface area contributed by atoms with Crippen LogP contribution < -0.4 is 15.8 Å². The summed E-state index contributed by atoms with van der Waals surface area (Å²) in [6.45, 7) is 3.63. The molecular formula is C13H20N2O4S. The van der Waals surface area contributed by atoms with Gasteiger partial charge in [-0.15, -0.1) is 11.3 Å². The van der Waals surface area contributed by atoms with Crippen molar-refractivity contribution < 1.29 is 19.0 Å². The van der Waals surface area contributed by atoms with Crippen LogP contribution >= 0.6 is 11.3 Å². The molecule has 1 fully saturated rings. The van der Waals surface area contributed by atoms with Crippen LogP contribution in [0.5, 0.6) is 5.75 Å². The summed E-state index contributed by atoms with van der Waals surface area (Å²) in [6, 6.07) is 0. The number of hydrogen-bond acceptors (Lipinski definition) is 7. The van der Waals surface area contributed by atoms with Crippen LogP contribution in [0.1, 0.15) is 23.0 Å². The van der Waals surface area contributed by atoms with Gasteiger partial charge in [0.1, 0.15) is 15.6 Å². The van der Waals surface area contributed by atoms with E-state index in [0.717, 1.165) is 24.6 Å². The van der Waals surface area contributed by atoms with Crippen molar-refractivity contribution in [1.82, 2.24) is 0 Å². The number of carbonyl (C=O) groups is 1. The molecule has 2 heterocycles. The third kappa shape index (κ3) is 2.83. The van der Waals surface area contributed by atoms with Crippen LogP contribution in [0.2, 0.25) is 0 Å². The smallest absolute Gasteiger partial charge is 0.350 e. The highest BCUT2D eigenvalue weighted by Gasteiger charge is 2.26. The number of nitrogen functional groups attached to an aromatic ring is 1. The minimum Gasteiger partial charge on any atom is -0.492 e. The molecule has 112 valence electrons. The fourth-order valence-electron chi connectivity index (χ4n) is 2.26. The Labute approximate surface area is 122 Å². The zero-order valence-electron chi connectivity index (χ0n) is 11.9. The van der Waals surface area contributed by atoms with Gasteiger partial charge in [-0.05, 0) is 13.3 Å². The summed E-state index contributed by atoms with van der Waals surface area (Å²) in [4.78, 5) is 12.0. The van der Waals surface area contributed by atoms with Gasteiger partial charge < -0.3 is 25.3 Å². The molecule has 2 unspecified atom stereocenters. The minimum atomic E-state index is -0.448. The van der Waals surface area contributed by atoms with Crippen molar-refractivity contribution >= 4 is 28.0 Å². The van der Waals surface area contributed by atoms with Crippen molar-refractivity contribution in [3.05, 3.63) is 4.88 Å². The number of nitrogens with two attached hydrogens (primary N) is 1. The minimum absolute atomic E-state index is 0.242. The molecule has 20 heavy (non-hydrogen) atoms. The number of anilines is 2. The quantitative estimate of drug-likeness (QED) is 0.809. The molecule has 2 rings (SSSR count). The van der Waals surface area contributed by atoms with Gasteiger partial charge in [-0.25, -0.2) is 4.79 Å². The lowest BCUT2D eigenvalue weighted by Crippen LogP contribution is -2.20. The monoisotopic (exact) mass is 300 g/mol. The highest BCUT2D eigenvalue weighted by molar-refractivity contribution is 7.19. The molecule has 0 saturated carbocycles. The van der Waals surface area contributed by atoms with Gasteiger partial charge in [-0.3, -0.25) is 0 Å². The van der Waals surface area contributed by atoms with Gasteiger partial charge in [0.15, 0.2) is 5.75 Å². The molecule has 0 aromatic carbocycles. The zero-order chi connectivity index (χ0) is 14.7. The average Bonchev–Trinajstić information content (AvgIpc) is 2.99. The third-order valence-corrected chi connectivity index (χ3v) is 4.66. The first-order valence-electron chi connectivity index (χ1n) is 6.48. The Morgan fingerprint density at radius 1 is 1.55 bits per heavy atom. The lowest BCUT2D eigenvalue weighted by molar-refractivity contribution is 0.0607. The number of carbonyl (C=O) groups excluding carboxylic acids is 1. The Bertz CT molecular complexity index is 489. The van der Waals surface area contributed by atoms with Crippen molar-refractivity contribution in [1.29, 1.82) is 0 Å². The first kappa shape index (κ1) is 14.9. The average molecular weight is 300 g/mol. The van der Waals surface area contributed by atoms with Crippen molar-refractivity contribution in [2.45, 2.75) is 19.4 Å². The molecular weight excluding hydrogens is 280 g/mol. The zero-order valence-corrected chi connectivity index (χ0v) is 12.7. The fraction of sp³-hybridized carbons (Fsp3) is 0.615. The predicted octanol–water partition coefficient (Wildman–Crippen LogP) is 1.96. The predicted molar refractivity (Wildman–Crippen MR) is 78.6 cm³/mol. The summed E-state index contributed by atoms with van der Waals surface area (Å²) in [5.74, 6) is 0.503. The lowest BCUT2D eigenvalue weighted by atomic mass is 10.0. The fourth-order valence-corrected chi connectivity index (χ4v) is 3.28. The summed E-state index contributed by atoms with van der Waals surface area (Å²) >= 11 is 1.25. The van der Waals surface area contributed by atoms with Crippen molar-refractivity contribution in [3.8, 4) is 5.75 Å². The molecule has 0 radical (unpaired) electrons. The van der Waals surface area contributed by atoms with Crippen molar-refractivity contribution in [2.75, 3.05) is 38.4 Å². The van der Waals surface area contributed by atoms with Crippen molar-refractivity contribution in [3.63, 3.8) is 0 Å². The first-order valence-corrected chi connectivity index (χ1v) is 7.30. The van der Waals surface area contributed by atoms with Gasteiger partial charge in [0.25, 0.3) is 0 Å². The number of hydrogen-bond donors (Lipinski definition) is 2. The maximum Gasteiger partial charge on any atom is 0.350 e. The van der Waals surface area contributed by atoms with E-state index in [1.165, 1.54) is 25.6 Å². The van der Waals surface area contributed by atoms with Crippen LogP contribution in [0.15, 0.2) is 0 Å². The highest BCUT2D eigenvalue weighted by Crippen LogP contribution is 2.43. The first-order chi connectivity index (χ1) is 9.58. The van der Waals surface area contributed by atoms with Gasteiger partial charge in [-0.2, -0.15) is 0 Å². The van der Waals surface area contributed by atoms with E-state index in [4.69, 9.17) is 19.9 Å². The lowest BCUT2D eigenvalue weighted by Gasteiger charge is -2.15. The van der Waals surface area contributed by atoms with E-state index in [-0.39, 0.29) is 6.10 Å². The maximum absolute atomic E-state index is 11.6. The number of rotatable bonds is 5. The number of methoxy groups -OCH3 is 2. The number of esters is 1. The second-order valence-electron chi connectivity index (χ2n) is 4.70. The molecule has 0 aliphatic carbocycles. The molecule has 1 saturated heterocycles. The molecule has 2 atom stereocenters. The van der Waals surface area contributed by atoms with E-state index < -0.39 is 5.97 Å². The van der Waals surface area contributed by atoms with Gasteiger partial charge in [0, 0.05) is 19.1 Å². The molecule has 1 aromatic heterocycles. The molecule has 1 aromatic rings. The molecule has 3 N–H and O–H groups in total. The largest absolute Gasteiger partial charge is 0.492 e. The van der Waals surface area contributed by atoms with Gasteiger partial charge in [0.05, 0.1) is 20.3 Å². The molecule has 0 bridgehead atoms. The third-order valence-electron chi connectivity index (χ3n) is 3.53. The summed E-state index contributed by atoms with van der Waals surface area (Å²) in [5.41, 5.74) is 6.24. The Kier molecular flexibility index (Phi) is 4.72. The molecule has 6 nitrogen and oxygen atoms in total. The van der Waals surface area contributed by atoms with E-state index in [1.54, 1.807) is 0 Å². The van der Waals surface area contributed by atoms with Crippen LogP contribution in [0, 0.1) is 5.92 Å². The van der Waals surface area contributed by atoms with E-state index in [9.17, 15) is 4.79 Å². The number of ether oxygens (including phenoxy) is 3. The summed E-state index contributed by atoms with van der Waals surface area (Å²) < 4.78 is 15.5. The van der Waals surface area contributed by atoms with Crippen LogP contribution in [0.4, 0.5) is 10.7 Å². The normalized spacial score (nSPS) is 21.8. The van der Waals surface area contributed by atoms with Crippen LogP contribution in [-0.4, -0.2) is 39.4 Å². The molecule has 0 amide bonds. The molecule has 0 spiro atoms. The molecule has 7 heteroatoms. The number of nitrogens with one attached hydrogen (secondary N) is 1. The molecule has 1 aliphatic rings. The topological polar surface area (TPSA) is 82.8 Å². The SMILES string of the molecule is COC(=O)c1sc(NCC2CCOC2C)c(OC)c1N. The summed E-state index contributed by atoms with van der Waals surface area (Å²) in [5, 5.41) is 4.06.